The highest BCUT2D eigenvalue weighted by atomic mass is 35.5. The molecule has 37 heavy (non-hydrogen) atoms. The summed E-state index contributed by atoms with van der Waals surface area (Å²) in [7, 11) is 2.95. The van der Waals surface area contributed by atoms with Gasteiger partial charge in [-0.05, 0) is 65.9 Å². The number of likely N-dealkylation sites (N-methyl/N-ethyl adjacent to an activating group) is 1. The van der Waals surface area contributed by atoms with Crippen molar-refractivity contribution in [1.82, 2.24) is 4.90 Å². The molecular formula is C27H19Cl2N3O4S. The maximum atomic E-state index is 12.8. The first-order valence-electron chi connectivity index (χ1n) is 10.8. The van der Waals surface area contributed by atoms with Gasteiger partial charge in [-0.15, -0.1) is 0 Å². The number of nitriles is 1. The van der Waals surface area contributed by atoms with Gasteiger partial charge in [0, 0.05) is 12.6 Å². The van der Waals surface area contributed by atoms with E-state index in [1.807, 2.05) is 6.07 Å². The summed E-state index contributed by atoms with van der Waals surface area (Å²) < 4.78 is 10.5. The van der Waals surface area contributed by atoms with Crippen LogP contribution in [-0.2, 0) is 16.1 Å². The van der Waals surface area contributed by atoms with Crippen LogP contribution in [0.15, 0.2) is 70.6 Å². The number of methoxy groups -OCH3 is 1. The van der Waals surface area contributed by atoms with Crippen molar-refractivity contribution in [2.45, 2.75) is 6.61 Å². The number of halogens is 2. The molecule has 1 saturated heterocycles. The van der Waals surface area contributed by atoms with Crippen LogP contribution in [0.4, 0.5) is 5.69 Å². The first-order chi connectivity index (χ1) is 17.8. The van der Waals surface area contributed by atoms with Gasteiger partial charge in [0.15, 0.2) is 10.9 Å². The molecule has 0 unspecified atom stereocenters. The van der Waals surface area contributed by atoms with E-state index in [2.05, 4.69) is 11.1 Å². The molecule has 0 spiro atoms. The molecule has 10 heteroatoms. The van der Waals surface area contributed by atoms with Crippen molar-refractivity contribution in [1.29, 1.82) is 5.26 Å². The number of hydrogen-bond donors (Lipinski definition) is 0. The van der Waals surface area contributed by atoms with Gasteiger partial charge < -0.3 is 9.47 Å². The fourth-order valence-electron chi connectivity index (χ4n) is 3.41. The number of nitrogens with zero attached hydrogens (tertiary/aromatic N) is 3. The van der Waals surface area contributed by atoms with Crippen LogP contribution in [-0.4, -0.2) is 36.1 Å². The van der Waals surface area contributed by atoms with Crippen molar-refractivity contribution < 1.29 is 19.1 Å². The van der Waals surface area contributed by atoms with Crippen molar-refractivity contribution in [2.24, 2.45) is 4.99 Å². The summed E-state index contributed by atoms with van der Waals surface area (Å²) in [5.41, 5.74) is 2.83. The fourth-order valence-corrected chi connectivity index (χ4v) is 5.01. The van der Waals surface area contributed by atoms with E-state index < -0.39 is 5.97 Å². The van der Waals surface area contributed by atoms with Crippen LogP contribution in [0.1, 0.15) is 27.0 Å². The fraction of sp³-hybridized carbons (Fsp3) is 0.111. The van der Waals surface area contributed by atoms with Gasteiger partial charge in [0.2, 0.25) is 0 Å². The predicted molar refractivity (Wildman–Crippen MR) is 145 cm³/mol. The van der Waals surface area contributed by atoms with Crippen LogP contribution in [0.5, 0.6) is 5.75 Å². The van der Waals surface area contributed by atoms with Crippen LogP contribution < -0.4 is 4.74 Å². The summed E-state index contributed by atoms with van der Waals surface area (Å²) in [5.74, 6) is -0.373. The lowest BCUT2D eigenvalue weighted by Crippen LogP contribution is -2.23. The third-order valence-corrected chi connectivity index (χ3v) is 6.97. The van der Waals surface area contributed by atoms with Gasteiger partial charge in [-0.1, -0.05) is 41.4 Å². The largest absolute Gasteiger partial charge is 0.486 e. The molecule has 7 nitrogen and oxygen atoms in total. The van der Waals surface area contributed by atoms with Gasteiger partial charge in [-0.3, -0.25) is 9.69 Å². The summed E-state index contributed by atoms with van der Waals surface area (Å²) in [6, 6.07) is 19.1. The Labute approximate surface area is 227 Å². The lowest BCUT2D eigenvalue weighted by molar-refractivity contribution is -0.121. The van der Waals surface area contributed by atoms with Crippen molar-refractivity contribution in [3.05, 3.63) is 97.9 Å². The number of carbonyl (C=O) groups excluding carboxylic acids is 2. The maximum Gasteiger partial charge on any atom is 0.337 e. The number of amides is 1. The molecule has 3 aromatic rings. The Hall–Kier alpha value is -3.77. The highest BCUT2D eigenvalue weighted by molar-refractivity contribution is 8.18. The van der Waals surface area contributed by atoms with E-state index in [0.717, 1.165) is 0 Å². The zero-order chi connectivity index (χ0) is 26.5. The Kier molecular flexibility index (Phi) is 8.19. The van der Waals surface area contributed by atoms with Gasteiger partial charge in [0.1, 0.15) is 6.61 Å². The normalized spacial score (nSPS) is 15.2. The number of rotatable bonds is 6. The molecule has 0 saturated carbocycles. The predicted octanol–water partition coefficient (Wildman–Crippen LogP) is 6.46. The van der Waals surface area contributed by atoms with Crippen LogP contribution in [0.2, 0.25) is 10.0 Å². The lowest BCUT2D eigenvalue weighted by Gasteiger charge is -2.12. The zero-order valence-corrected chi connectivity index (χ0v) is 22.0. The van der Waals surface area contributed by atoms with E-state index in [-0.39, 0.29) is 22.6 Å². The minimum absolute atomic E-state index is 0.128. The molecule has 3 aromatic carbocycles. The summed E-state index contributed by atoms with van der Waals surface area (Å²) >= 11 is 14.1. The van der Waals surface area contributed by atoms with Gasteiger partial charge in [-0.25, -0.2) is 9.79 Å². The number of thioether (sulfide) groups is 1. The van der Waals surface area contributed by atoms with E-state index in [0.29, 0.717) is 43.8 Å². The number of esters is 1. The molecule has 186 valence electrons. The van der Waals surface area contributed by atoms with Gasteiger partial charge >= 0.3 is 5.97 Å². The molecule has 1 aliphatic rings. The Bertz CT molecular complexity index is 1460. The molecular weight excluding hydrogens is 533 g/mol. The second-order valence-electron chi connectivity index (χ2n) is 7.78. The molecule has 1 heterocycles. The van der Waals surface area contributed by atoms with Gasteiger partial charge in [-0.2, -0.15) is 5.26 Å². The number of carbonyl (C=O) groups is 2. The zero-order valence-electron chi connectivity index (χ0n) is 19.7. The quantitative estimate of drug-likeness (QED) is 0.257. The third kappa shape index (κ3) is 5.97. The standard InChI is InChI=1S/C27H19Cl2N3O4S/c1-32-25(33)23(37-27(32)31-20-9-7-17(8-10-20)26(34)35-2)13-16-11-21(28)24(22(29)12-16)36-15-19-6-4-3-5-18(19)14-30/h3-13H,15H2,1-2H3. The first kappa shape index (κ1) is 26.3. The van der Waals surface area contributed by atoms with E-state index in [1.165, 1.54) is 23.8 Å². The second-order valence-corrected chi connectivity index (χ2v) is 9.60. The van der Waals surface area contributed by atoms with Crippen molar-refractivity contribution >= 4 is 63.8 Å². The summed E-state index contributed by atoms with van der Waals surface area (Å²) in [6.07, 6.45) is 1.68. The first-order valence-corrected chi connectivity index (χ1v) is 12.4. The molecule has 0 bridgehead atoms. The topological polar surface area (TPSA) is 92.0 Å². The third-order valence-electron chi connectivity index (χ3n) is 5.34. The van der Waals surface area contributed by atoms with Gasteiger partial charge in [0.25, 0.3) is 5.91 Å². The Balaban J connectivity index is 1.52. The highest BCUT2D eigenvalue weighted by Gasteiger charge is 2.30. The van der Waals surface area contributed by atoms with E-state index in [1.54, 1.807) is 67.7 Å². The minimum atomic E-state index is -0.437. The number of hydrogen-bond acceptors (Lipinski definition) is 7. The van der Waals surface area contributed by atoms with Crippen molar-refractivity contribution in [2.75, 3.05) is 14.2 Å². The number of ether oxygens (including phenoxy) is 2. The minimum Gasteiger partial charge on any atom is -0.486 e. The summed E-state index contributed by atoms with van der Waals surface area (Å²) in [5, 5.41) is 10.3. The molecule has 4 rings (SSSR count). The van der Waals surface area contributed by atoms with Crippen LogP contribution in [0.25, 0.3) is 6.08 Å². The van der Waals surface area contributed by atoms with Crippen molar-refractivity contribution in [3.8, 4) is 11.8 Å². The Morgan fingerprint density at radius 1 is 1.14 bits per heavy atom. The average Bonchev–Trinajstić information content (AvgIpc) is 3.15. The Morgan fingerprint density at radius 2 is 1.81 bits per heavy atom. The second kappa shape index (κ2) is 11.5. The molecule has 0 aromatic heterocycles. The lowest BCUT2D eigenvalue weighted by atomic mass is 10.1. The van der Waals surface area contributed by atoms with Crippen molar-refractivity contribution in [3.63, 3.8) is 0 Å². The Morgan fingerprint density at radius 3 is 2.46 bits per heavy atom. The summed E-state index contributed by atoms with van der Waals surface area (Å²) in [6.45, 7) is 0.128. The van der Waals surface area contributed by atoms with E-state index in [4.69, 9.17) is 32.7 Å². The molecule has 0 aliphatic carbocycles. The summed E-state index contributed by atoms with van der Waals surface area (Å²) in [4.78, 5) is 30.8. The number of amidine groups is 1. The van der Waals surface area contributed by atoms with Crippen LogP contribution in [0, 0.1) is 11.3 Å². The number of benzene rings is 3. The molecule has 0 radical (unpaired) electrons. The van der Waals surface area contributed by atoms with Gasteiger partial charge in [0.05, 0.1) is 44.9 Å². The molecule has 1 amide bonds. The van der Waals surface area contributed by atoms with E-state index >= 15 is 0 Å². The van der Waals surface area contributed by atoms with E-state index in [9.17, 15) is 14.9 Å². The average molecular weight is 552 g/mol. The molecule has 1 fully saturated rings. The van der Waals surface area contributed by atoms with Crippen LogP contribution >= 0.6 is 35.0 Å². The SMILES string of the molecule is COC(=O)c1ccc(N=C2SC(=Cc3cc(Cl)c(OCc4ccccc4C#N)c(Cl)c3)C(=O)N2C)cc1. The smallest absolute Gasteiger partial charge is 0.337 e. The maximum absolute atomic E-state index is 12.8. The molecule has 0 N–H and O–H groups in total. The number of aliphatic imine (C=N–C) groups is 1. The molecule has 0 atom stereocenters. The monoisotopic (exact) mass is 551 g/mol. The van der Waals surface area contributed by atoms with Crippen LogP contribution in [0.3, 0.4) is 0 Å². The molecule has 1 aliphatic heterocycles. The highest BCUT2D eigenvalue weighted by Crippen LogP contribution is 2.38.